The molecular weight excluding hydrogens is 560 g/mol. The highest BCUT2D eigenvalue weighted by atomic mass is 35.5. The molecule has 0 saturated heterocycles. The minimum Gasteiger partial charge on any atom is -0.475 e. The van der Waals surface area contributed by atoms with Crippen LogP contribution in [0.1, 0.15) is 14.5 Å². The Hall–Kier alpha value is -4.32. The lowest BCUT2D eigenvalue weighted by Crippen LogP contribution is -2.28. The second-order valence-corrected chi connectivity index (χ2v) is 11.0. The average Bonchev–Trinajstić information content (AvgIpc) is 3.70. The average molecular weight is 579 g/mol. The monoisotopic (exact) mass is 578 g/mol. The zero-order valence-corrected chi connectivity index (χ0v) is 22.4. The highest BCUT2D eigenvalue weighted by Gasteiger charge is 2.23. The third-order valence-electron chi connectivity index (χ3n) is 5.76. The summed E-state index contributed by atoms with van der Waals surface area (Å²) in [5.41, 5.74) is 0.984. The molecule has 0 fully saturated rings. The summed E-state index contributed by atoms with van der Waals surface area (Å²) < 4.78 is 2.95. The second kappa shape index (κ2) is 11.2. The molecule has 4 aromatic heterocycles. The van der Waals surface area contributed by atoms with Gasteiger partial charge in [-0.15, -0.1) is 22.7 Å². The van der Waals surface area contributed by atoms with Crippen molar-refractivity contribution in [1.82, 2.24) is 14.3 Å². The van der Waals surface area contributed by atoms with Crippen LogP contribution in [0.3, 0.4) is 0 Å². The quantitative estimate of drug-likeness (QED) is 0.233. The van der Waals surface area contributed by atoms with Gasteiger partial charge in [-0.05, 0) is 35.2 Å². The summed E-state index contributed by atoms with van der Waals surface area (Å²) in [6, 6.07) is 19.2. The van der Waals surface area contributed by atoms with Gasteiger partial charge in [-0.25, -0.2) is 4.79 Å². The number of hydrogen-bond acceptors (Lipinski definition) is 8. The van der Waals surface area contributed by atoms with Crippen LogP contribution in [0.5, 0.6) is 0 Å². The maximum atomic E-state index is 13.5. The van der Waals surface area contributed by atoms with Gasteiger partial charge < -0.3 is 15.0 Å². The summed E-state index contributed by atoms with van der Waals surface area (Å²) in [6.45, 7) is -0.222. The molecule has 0 aliphatic heterocycles. The normalized spacial score (nSPS) is 10.9. The van der Waals surface area contributed by atoms with E-state index in [0.717, 1.165) is 9.44 Å². The standard InChI is InChI=1S/C27H19ClN4O5S2/c28-22-9-8-17(39-22)14-29-23-13-19(30-32(23)25(34)21-7-4-12-38-21)18-10-11-31(15-20(33)27(36)37)26(35)24(18)16-5-2-1-3-6-16/h1-13,29H,14-15H2,(H,36,37). The Balaban J connectivity index is 1.63. The molecule has 0 aliphatic rings. The minimum absolute atomic E-state index is 0.223. The molecule has 12 heteroatoms. The molecule has 1 aromatic carbocycles. The molecule has 5 rings (SSSR count). The van der Waals surface area contributed by atoms with Crippen molar-refractivity contribution in [1.29, 1.82) is 0 Å². The van der Waals surface area contributed by atoms with Crippen molar-refractivity contribution in [2.24, 2.45) is 0 Å². The van der Waals surface area contributed by atoms with Gasteiger partial charge in [-0.1, -0.05) is 48.0 Å². The number of benzene rings is 1. The van der Waals surface area contributed by atoms with E-state index in [1.165, 1.54) is 33.6 Å². The Morgan fingerprint density at radius 3 is 2.49 bits per heavy atom. The van der Waals surface area contributed by atoms with Gasteiger partial charge in [0.05, 0.1) is 33.6 Å². The molecular formula is C27H19ClN4O5S2. The fraction of sp³-hybridized carbons (Fsp3) is 0.0741. The number of rotatable bonds is 9. The molecule has 0 spiro atoms. The molecule has 39 heavy (non-hydrogen) atoms. The number of halogens is 1. The third kappa shape index (κ3) is 5.60. The van der Waals surface area contributed by atoms with E-state index in [-0.39, 0.29) is 11.5 Å². The molecule has 0 atom stereocenters. The summed E-state index contributed by atoms with van der Waals surface area (Å²) in [5, 5.41) is 18.6. The molecule has 196 valence electrons. The molecule has 5 aromatic rings. The summed E-state index contributed by atoms with van der Waals surface area (Å²) in [7, 11) is 0. The van der Waals surface area contributed by atoms with Crippen LogP contribution in [0, 0.1) is 0 Å². The van der Waals surface area contributed by atoms with Crippen LogP contribution in [-0.2, 0) is 22.7 Å². The maximum Gasteiger partial charge on any atom is 0.374 e. The summed E-state index contributed by atoms with van der Waals surface area (Å²) in [5.74, 6) is -2.67. The maximum absolute atomic E-state index is 13.5. The first-order chi connectivity index (χ1) is 18.8. The number of aromatic nitrogens is 3. The van der Waals surface area contributed by atoms with Crippen molar-refractivity contribution in [2.75, 3.05) is 5.32 Å². The number of carboxylic acid groups (broad SMARTS) is 1. The van der Waals surface area contributed by atoms with Gasteiger partial charge in [0.15, 0.2) is 0 Å². The number of thiophene rings is 2. The van der Waals surface area contributed by atoms with E-state index in [1.807, 2.05) is 6.07 Å². The van der Waals surface area contributed by atoms with E-state index >= 15 is 0 Å². The van der Waals surface area contributed by atoms with E-state index in [9.17, 15) is 19.2 Å². The molecule has 0 amide bonds. The Morgan fingerprint density at radius 1 is 1.03 bits per heavy atom. The van der Waals surface area contributed by atoms with Crippen molar-refractivity contribution < 1.29 is 19.5 Å². The van der Waals surface area contributed by atoms with Crippen LogP contribution in [0.15, 0.2) is 83.1 Å². The van der Waals surface area contributed by atoms with Gasteiger partial charge in [-0.2, -0.15) is 9.78 Å². The fourth-order valence-corrected chi connectivity index (χ4v) is 5.62. The van der Waals surface area contributed by atoms with Crippen molar-refractivity contribution in [3.05, 3.63) is 103 Å². The van der Waals surface area contributed by atoms with Crippen LogP contribution in [0.25, 0.3) is 22.4 Å². The SMILES string of the molecule is O=C(O)C(=O)Cn1ccc(-c2cc(NCc3ccc(Cl)s3)n(C(=O)c3cccs3)n2)c(-c2ccccc2)c1=O. The Morgan fingerprint density at radius 2 is 1.82 bits per heavy atom. The topological polar surface area (TPSA) is 123 Å². The zero-order valence-electron chi connectivity index (χ0n) is 20.0. The Kier molecular flexibility index (Phi) is 7.55. The molecule has 0 bridgehead atoms. The van der Waals surface area contributed by atoms with Gasteiger partial charge in [0.2, 0.25) is 0 Å². The number of carbonyl (C=O) groups excluding carboxylic acids is 2. The van der Waals surface area contributed by atoms with E-state index in [2.05, 4.69) is 10.4 Å². The molecule has 0 radical (unpaired) electrons. The molecule has 0 aliphatic carbocycles. The highest BCUT2D eigenvalue weighted by molar-refractivity contribution is 7.16. The number of carbonyl (C=O) groups is 3. The lowest BCUT2D eigenvalue weighted by Gasteiger charge is -2.11. The molecule has 0 saturated carbocycles. The first-order valence-electron chi connectivity index (χ1n) is 11.5. The number of nitrogens with one attached hydrogen (secondary N) is 1. The molecule has 2 N–H and O–H groups in total. The molecule has 4 heterocycles. The van der Waals surface area contributed by atoms with Crippen LogP contribution < -0.4 is 10.9 Å². The number of pyridine rings is 1. The van der Waals surface area contributed by atoms with E-state index in [4.69, 9.17) is 16.7 Å². The lowest BCUT2D eigenvalue weighted by atomic mass is 9.99. The second-order valence-electron chi connectivity index (χ2n) is 8.30. The third-order valence-corrected chi connectivity index (χ3v) is 7.85. The van der Waals surface area contributed by atoms with E-state index in [0.29, 0.717) is 38.4 Å². The van der Waals surface area contributed by atoms with Gasteiger partial charge in [0.1, 0.15) is 5.82 Å². The summed E-state index contributed by atoms with van der Waals surface area (Å²) >= 11 is 8.76. The van der Waals surface area contributed by atoms with Gasteiger partial charge in [0.25, 0.3) is 17.2 Å². The fourth-order valence-electron chi connectivity index (χ4n) is 3.94. The number of carboxylic acids is 1. The summed E-state index contributed by atoms with van der Waals surface area (Å²) in [6.07, 6.45) is 1.35. The highest BCUT2D eigenvalue weighted by Crippen LogP contribution is 2.31. The van der Waals surface area contributed by atoms with Crippen molar-refractivity contribution in [3.63, 3.8) is 0 Å². The Labute approximate surface area is 234 Å². The van der Waals surface area contributed by atoms with E-state index < -0.39 is 23.9 Å². The number of nitrogens with zero attached hydrogens (tertiary/aromatic N) is 3. The van der Waals surface area contributed by atoms with Gasteiger partial charge in [0, 0.05) is 22.7 Å². The van der Waals surface area contributed by atoms with Crippen molar-refractivity contribution in [3.8, 4) is 22.4 Å². The largest absolute Gasteiger partial charge is 0.475 e. The number of hydrogen-bond donors (Lipinski definition) is 2. The van der Waals surface area contributed by atoms with Crippen LogP contribution >= 0.6 is 34.3 Å². The minimum atomic E-state index is -1.62. The molecule has 9 nitrogen and oxygen atoms in total. The number of Topliss-reactive ketones (excluding diaryl/α,β-unsaturated/α-hetero) is 1. The summed E-state index contributed by atoms with van der Waals surface area (Å²) in [4.78, 5) is 51.3. The number of anilines is 1. The predicted octanol–water partition coefficient (Wildman–Crippen LogP) is 5.11. The van der Waals surface area contributed by atoms with Crippen LogP contribution in [-0.4, -0.2) is 37.1 Å². The van der Waals surface area contributed by atoms with E-state index in [1.54, 1.807) is 66.0 Å². The molecule has 0 unspecified atom stereocenters. The van der Waals surface area contributed by atoms with Crippen molar-refractivity contribution in [2.45, 2.75) is 13.1 Å². The first kappa shape index (κ1) is 26.3. The number of aliphatic carboxylic acids is 1. The first-order valence-corrected chi connectivity index (χ1v) is 13.6. The van der Waals surface area contributed by atoms with Crippen LogP contribution in [0.2, 0.25) is 4.34 Å². The Bertz CT molecular complexity index is 1740. The number of ketones is 1. The van der Waals surface area contributed by atoms with Crippen LogP contribution in [0.4, 0.5) is 5.82 Å². The van der Waals surface area contributed by atoms with Gasteiger partial charge in [-0.3, -0.25) is 14.4 Å². The zero-order chi connectivity index (χ0) is 27.5. The predicted molar refractivity (Wildman–Crippen MR) is 151 cm³/mol. The van der Waals surface area contributed by atoms with Gasteiger partial charge >= 0.3 is 5.97 Å². The lowest BCUT2D eigenvalue weighted by molar-refractivity contribution is -0.149. The smallest absolute Gasteiger partial charge is 0.374 e. The van der Waals surface area contributed by atoms with Crippen molar-refractivity contribution >= 4 is 57.8 Å².